The fourth-order valence-electron chi connectivity index (χ4n) is 3.82. The number of nitrogens with zero attached hydrogens (tertiary/aromatic N) is 4. The normalized spacial score (nSPS) is 12.3. The number of anilines is 1. The van der Waals surface area contributed by atoms with Gasteiger partial charge in [-0.1, -0.05) is 60.7 Å². The Morgan fingerprint density at radius 3 is 2.28 bits per heavy atom. The number of tetrazole rings is 1. The van der Waals surface area contributed by atoms with Gasteiger partial charge < -0.3 is 10.6 Å². The summed E-state index contributed by atoms with van der Waals surface area (Å²) >= 11 is 0. The van der Waals surface area contributed by atoms with E-state index in [0.29, 0.717) is 11.5 Å². The number of hydrogen-bond donors (Lipinski definition) is 2. The average Bonchev–Trinajstić information content (AvgIpc) is 3.30. The van der Waals surface area contributed by atoms with Crippen molar-refractivity contribution in [3.8, 4) is 22.5 Å². The van der Waals surface area contributed by atoms with E-state index >= 15 is 0 Å². The van der Waals surface area contributed by atoms with E-state index in [1.54, 1.807) is 11.7 Å². The minimum atomic E-state index is -0.269. The van der Waals surface area contributed by atoms with Crippen molar-refractivity contribution >= 4 is 11.7 Å². The molecule has 0 radical (unpaired) electrons. The Bertz CT molecular complexity index is 1170. The zero-order chi connectivity index (χ0) is 19.8. The van der Waals surface area contributed by atoms with Crippen molar-refractivity contribution in [2.24, 2.45) is 7.05 Å². The third-order valence-corrected chi connectivity index (χ3v) is 5.11. The van der Waals surface area contributed by atoms with Crippen LogP contribution in [-0.4, -0.2) is 26.2 Å². The van der Waals surface area contributed by atoms with Crippen LogP contribution in [0.5, 0.6) is 0 Å². The molecule has 4 aromatic rings. The molecule has 0 saturated carbocycles. The van der Waals surface area contributed by atoms with Gasteiger partial charge >= 0.3 is 6.03 Å². The zero-order valence-electron chi connectivity index (χ0n) is 15.7. The number of rotatable bonds is 3. The van der Waals surface area contributed by atoms with Gasteiger partial charge in [0.05, 0.1) is 6.04 Å². The fraction of sp³-hybridized carbons (Fsp3) is 0.0909. The van der Waals surface area contributed by atoms with Crippen LogP contribution in [0, 0.1) is 0 Å². The third-order valence-electron chi connectivity index (χ3n) is 5.11. The molecular weight excluding hydrogens is 364 g/mol. The summed E-state index contributed by atoms with van der Waals surface area (Å²) in [5, 5.41) is 17.6. The Kier molecular flexibility index (Phi) is 4.05. The summed E-state index contributed by atoms with van der Waals surface area (Å²) in [6, 6.07) is 23.3. The van der Waals surface area contributed by atoms with E-state index in [1.165, 1.54) is 0 Å². The first-order valence-electron chi connectivity index (χ1n) is 9.29. The standard InChI is InChI=1S/C22H18N6O/c1-28-21(25-26-27-28)14-7-6-8-15(13-14)23-22(29)24-20-18-11-4-2-9-16(18)17-10-3-5-12-19(17)20/h2-13,20H,1H3,(H2,23,24,29). The molecule has 0 fully saturated rings. The molecule has 1 aliphatic rings. The second kappa shape index (κ2) is 6.87. The molecule has 7 nitrogen and oxygen atoms in total. The lowest BCUT2D eigenvalue weighted by Crippen LogP contribution is -2.32. The van der Waals surface area contributed by atoms with E-state index in [4.69, 9.17) is 0 Å². The number of fused-ring (bicyclic) bond motifs is 3. The molecule has 0 bridgehead atoms. The second-order valence-electron chi connectivity index (χ2n) is 6.91. The largest absolute Gasteiger partial charge is 0.327 e. The zero-order valence-corrected chi connectivity index (χ0v) is 15.7. The summed E-state index contributed by atoms with van der Waals surface area (Å²) in [5.74, 6) is 0.632. The lowest BCUT2D eigenvalue weighted by Gasteiger charge is -2.17. The maximum Gasteiger partial charge on any atom is 0.319 e. The van der Waals surface area contributed by atoms with Crippen LogP contribution >= 0.6 is 0 Å². The van der Waals surface area contributed by atoms with E-state index in [1.807, 2.05) is 48.5 Å². The van der Waals surface area contributed by atoms with E-state index in [-0.39, 0.29) is 12.1 Å². The van der Waals surface area contributed by atoms with Crippen molar-refractivity contribution in [1.82, 2.24) is 25.5 Å². The molecule has 3 aromatic carbocycles. The van der Waals surface area contributed by atoms with Gasteiger partial charge in [-0.25, -0.2) is 9.48 Å². The Labute approximate surface area is 167 Å². The van der Waals surface area contributed by atoms with E-state index in [9.17, 15) is 4.79 Å². The van der Waals surface area contributed by atoms with Crippen LogP contribution in [0.1, 0.15) is 17.2 Å². The number of aryl methyl sites for hydroxylation is 1. The molecule has 29 heavy (non-hydrogen) atoms. The second-order valence-corrected chi connectivity index (χ2v) is 6.91. The van der Waals surface area contributed by atoms with Gasteiger partial charge in [0.1, 0.15) is 0 Å². The number of urea groups is 1. The van der Waals surface area contributed by atoms with Crippen molar-refractivity contribution in [2.45, 2.75) is 6.04 Å². The Balaban J connectivity index is 1.39. The van der Waals surface area contributed by atoms with Crippen molar-refractivity contribution < 1.29 is 4.79 Å². The van der Waals surface area contributed by atoms with Gasteiger partial charge in [0, 0.05) is 18.3 Å². The highest BCUT2D eigenvalue weighted by atomic mass is 16.2. The lowest BCUT2D eigenvalue weighted by molar-refractivity contribution is 0.250. The number of aromatic nitrogens is 4. The molecule has 0 saturated heterocycles. The fourth-order valence-corrected chi connectivity index (χ4v) is 3.82. The Hall–Kier alpha value is -4.00. The topological polar surface area (TPSA) is 84.7 Å². The van der Waals surface area contributed by atoms with Gasteiger partial charge in [0.2, 0.25) is 0 Å². The molecular formula is C22H18N6O. The van der Waals surface area contributed by atoms with Gasteiger partial charge in [-0.3, -0.25) is 0 Å². The molecule has 1 aromatic heterocycles. The van der Waals surface area contributed by atoms with Crippen LogP contribution in [0.2, 0.25) is 0 Å². The van der Waals surface area contributed by atoms with E-state index in [2.05, 4.69) is 50.4 Å². The highest BCUT2D eigenvalue weighted by Gasteiger charge is 2.29. The smallest absolute Gasteiger partial charge is 0.319 e. The van der Waals surface area contributed by atoms with Gasteiger partial charge in [-0.05, 0) is 44.8 Å². The van der Waals surface area contributed by atoms with Crippen molar-refractivity contribution in [1.29, 1.82) is 0 Å². The van der Waals surface area contributed by atoms with Crippen LogP contribution in [0.3, 0.4) is 0 Å². The predicted molar refractivity (Wildman–Crippen MR) is 110 cm³/mol. The Morgan fingerprint density at radius 2 is 1.62 bits per heavy atom. The molecule has 0 aliphatic heterocycles. The SMILES string of the molecule is Cn1nnnc1-c1cccc(NC(=O)NC2c3ccccc3-c3ccccc32)c1. The van der Waals surface area contributed by atoms with E-state index in [0.717, 1.165) is 27.8 Å². The number of nitrogens with one attached hydrogen (secondary N) is 2. The number of hydrogen-bond acceptors (Lipinski definition) is 4. The molecule has 0 spiro atoms. The third kappa shape index (κ3) is 3.02. The minimum Gasteiger partial charge on any atom is -0.327 e. The number of benzene rings is 3. The highest BCUT2D eigenvalue weighted by molar-refractivity contribution is 5.92. The van der Waals surface area contributed by atoms with Crippen LogP contribution in [0.25, 0.3) is 22.5 Å². The summed E-state index contributed by atoms with van der Waals surface area (Å²) in [6.45, 7) is 0. The van der Waals surface area contributed by atoms with Gasteiger partial charge in [-0.15, -0.1) is 5.10 Å². The quantitative estimate of drug-likeness (QED) is 0.565. The maximum absolute atomic E-state index is 12.8. The number of amides is 2. The molecule has 1 aliphatic carbocycles. The van der Waals surface area contributed by atoms with Crippen molar-refractivity contribution in [2.75, 3.05) is 5.32 Å². The Morgan fingerprint density at radius 1 is 0.931 bits per heavy atom. The van der Waals surface area contributed by atoms with Crippen LogP contribution < -0.4 is 10.6 Å². The number of carbonyl (C=O) groups excluding carboxylic acids is 1. The maximum atomic E-state index is 12.8. The highest BCUT2D eigenvalue weighted by Crippen LogP contribution is 2.43. The van der Waals surface area contributed by atoms with Gasteiger partial charge in [0.25, 0.3) is 0 Å². The first kappa shape index (κ1) is 17.1. The van der Waals surface area contributed by atoms with Crippen molar-refractivity contribution in [3.05, 3.63) is 83.9 Å². The van der Waals surface area contributed by atoms with E-state index < -0.39 is 0 Å². The minimum absolute atomic E-state index is 0.187. The van der Waals surface area contributed by atoms with Crippen LogP contribution in [-0.2, 0) is 7.05 Å². The lowest BCUT2D eigenvalue weighted by atomic mass is 10.1. The summed E-state index contributed by atoms with van der Waals surface area (Å²) in [6.07, 6.45) is 0. The average molecular weight is 382 g/mol. The summed E-state index contributed by atoms with van der Waals surface area (Å²) < 4.78 is 1.59. The van der Waals surface area contributed by atoms with Crippen molar-refractivity contribution in [3.63, 3.8) is 0 Å². The molecule has 2 amide bonds. The summed E-state index contributed by atoms with van der Waals surface area (Å²) in [4.78, 5) is 12.8. The van der Waals surface area contributed by atoms with Crippen LogP contribution in [0.15, 0.2) is 72.8 Å². The molecule has 0 unspecified atom stereocenters. The van der Waals surface area contributed by atoms with Gasteiger partial charge in [-0.2, -0.15) is 0 Å². The first-order chi connectivity index (χ1) is 14.2. The molecule has 5 rings (SSSR count). The molecule has 142 valence electrons. The summed E-state index contributed by atoms with van der Waals surface area (Å²) in [5.41, 5.74) is 6.01. The first-order valence-corrected chi connectivity index (χ1v) is 9.29. The molecule has 0 atom stereocenters. The molecule has 2 N–H and O–H groups in total. The molecule has 1 heterocycles. The van der Waals surface area contributed by atoms with Crippen LogP contribution in [0.4, 0.5) is 10.5 Å². The number of carbonyl (C=O) groups is 1. The molecule has 7 heteroatoms. The predicted octanol–water partition coefficient (Wildman–Crippen LogP) is 3.77. The monoisotopic (exact) mass is 382 g/mol. The van der Waals surface area contributed by atoms with Gasteiger partial charge in [0.15, 0.2) is 5.82 Å². The summed E-state index contributed by atoms with van der Waals surface area (Å²) in [7, 11) is 1.77.